The van der Waals surface area contributed by atoms with Crippen LogP contribution in [0.3, 0.4) is 0 Å². The van der Waals surface area contributed by atoms with Crippen LogP contribution in [0.4, 0.5) is 5.69 Å². The van der Waals surface area contributed by atoms with E-state index >= 15 is 0 Å². The first-order valence-electron chi connectivity index (χ1n) is 6.11. The predicted octanol–water partition coefficient (Wildman–Crippen LogP) is 1.01. The average molecular weight is 268 g/mol. The minimum atomic E-state index is -0.123. The highest BCUT2D eigenvalue weighted by molar-refractivity contribution is 7.80. The number of anilines is 1. The van der Waals surface area contributed by atoms with Crippen molar-refractivity contribution in [1.29, 1.82) is 0 Å². The number of thiocarbonyl (C=S) groups is 1. The molecular weight excluding hydrogens is 248 g/mol. The van der Waals surface area contributed by atoms with E-state index in [-0.39, 0.29) is 11.5 Å². The van der Waals surface area contributed by atoms with Crippen molar-refractivity contribution in [2.75, 3.05) is 18.0 Å². The standard InChI is InChI=1S/C12H20N4OS/c1-4-15(5-2)10-6-11(17)16(14-7-10)8-9(3)12(13)18/h6-7,9H,4-5,8H2,1-3H3,(H2,13,18). The van der Waals surface area contributed by atoms with Crippen LogP contribution in [0.2, 0.25) is 0 Å². The molecule has 1 heterocycles. The molecule has 100 valence electrons. The largest absolute Gasteiger partial charge is 0.393 e. The van der Waals surface area contributed by atoms with E-state index in [1.54, 1.807) is 12.3 Å². The van der Waals surface area contributed by atoms with E-state index < -0.39 is 0 Å². The second kappa shape index (κ2) is 6.49. The third kappa shape index (κ3) is 3.53. The summed E-state index contributed by atoms with van der Waals surface area (Å²) in [5, 5.41) is 4.16. The minimum absolute atomic E-state index is 0.0375. The van der Waals surface area contributed by atoms with Crippen LogP contribution in [0.15, 0.2) is 17.1 Å². The Morgan fingerprint density at radius 3 is 2.61 bits per heavy atom. The summed E-state index contributed by atoms with van der Waals surface area (Å²) in [5.41, 5.74) is 6.26. The third-order valence-corrected chi connectivity index (χ3v) is 3.32. The number of nitrogens with zero attached hydrogens (tertiary/aromatic N) is 3. The highest BCUT2D eigenvalue weighted by Crippen LogP contribution is 2.08. The quantitative estimate of drug-likeness (QED) is 0.780. The molecule has 0 radical (unpaired) electrons. The monoisotopic (exact) mass is 268 g/mol. The summed E-state index contributed by atoms with van der Waals surface area (Å²) in [6.45, 7) is 8.10. The summed E-state index contributed by atoms with van der Waals surface area (Å²) in [4.78, 5) is 14.4. The fourth-order valence-electron chi connectivity index (χ4n) is 1.67. The zero-order valence-corrected chi connectivity index (χ0v) is 11.9. The van der Waals surface area contributed by atoms with Gasteiger partial charge in [0.2, 0.25) is 0 Å². The van der Waals surface area contributed by atoms with E-state index in [2.05, 4.69) is 10.00 Å². The Morgan fingerprint density at radius 2 is 2.17 bits per heavy atom. The van der Waals surface area contributed by atoms with Crippen LogP contribution < -0.4 is 16.2 Å². The first-order valence-corrected chi connectivity index (χ1v) is 6.51. The van der Waals surface area contributed by atoms with E-state index in [1.165, 1.54) is 4.68 Å². The van der Waals surface area contributed by atoms with Gasteiger partial charge in [0, 0.05) is 25.1 Å². The van der Waals surface area contributed by atoms with Crippen molar-refractivity contribution >= 4 is 22.9 Å². The summed E-state index contributed by atoms with van der Waals surface area (Å²) < 4.78 is 1.40. The Morgan fingerprint density at radius 1 is 1.56 bits per heavy atom. The van der Waals surface area contributed by atoms with Gasteiger partial charge in [-0.3, -0.25) is 4.79 Å². The van der Waals surface area contributed by atoms with Gasteiger partial charge in [0.15, 0.2) is 0 Å². The lowest BCUT2D eigenvalue weighted by Crippen LogP contribution is -2.32. The van der Waals surface area contributed by atoms with Gasteiger partial charge in [-0.2, -0.15) is 5.10 Å². The van der Waals surface area contributed by atoms with Crippen LogP contribution in [-0.2, 0) is 6.54 Å². The Labute approximate surface area is 113 Å². The maximum Gasteiger partial charge on any atom is 0.268 e. The summed E-state index contributed by atoms with van der Waals surface area (Å²) in [5.74, 6) is -0.0375. The van der Waals surface area contributed by atoms with E-state index in [0.717, 1.165) is 18.8 Å². The molecule has 0 fully saturated rings. The summed E-state index contributed by atoms with van der Waals surface area (Å²) in [6.07, 6.45) is 1.71. The van der Waals surface area contributed by atoms with Crippen molar-refractivity contribution in [2.24, 2.45) is 11.7 Å². The Kier molecular flexibility index (Phi) is 5.27. The van der Waals surface area contributed by atoms with Crippen LogP contribution in [0.5, 0.6) is 0 Å². The molecule has 1 unspecified atom stereocenters. The highest BCUT2D eigenvalue weighted by Gasteiger charge is 2.10. The van der Waals surface area contributed by atoms with Crippen molar-refractivity contribution in [3.63, 3.8) is 0 Å². The van der Waals surface area contributed by atoms with Crippen molar-refractivity contribution in [1.82, 2.24) is 9.78 Å². The molecule has 1 atom stereocenters. The SMILES string of the molecule is CCN(CC)c1cnn(CC(C)C(N)=S)c(=O)c1. The molecule has 2 N–H and O–H groups in total. The fourth-order valence-corrected chi connectivity index (χ4v) is 1.75. The van der Waals surface area contributed by atoms with Crippen LogP contribution in [0, 0.1) is 5.92 Å². The molecule has 6 heteroatoms. The lowest BCUT2D eigenvalue weighted by molar-refractivity contribution is 0.516. The Hall–Kier alpha value is -1.43. The molecular formula is C12H20N4OS. The van der Waals surface area contributed by atoms with Crippen LogP contribution in [0.25, 0.3) is 0 Å². The van der Waals surface area contributed by atoms with Gasteiger partial charge in [0.1, 0.15) is 0 Å². The van der Waals surface area contributed by atoms with Crippen molar-refractivity contribution in [3.8, 4) is 0 Å². The molecule has 18 heavy (non-hydrogen) atoms. The van der Waals surface area contributed by atoms with Gasteiger partial charge in [-0.05, 0) is 13.8 Å². The van der Waals surface area contributed by atoms with Gasteiger partial charge < -0.3 is 10.6 Å². The van der Waals surface area contributed by atoms with E-state index in [9.17, 15) is 4.79 Å². The Balaban J connectivity index is 2.93. The van der Waals surface area contributed by atoms with Crippen molar-refractivity contribution in [2.45, 2.75) is 27.3 Å². The molecule has 0 amide bonds. The zero-order valence-electron chi connectivity index (χ0n) is 11.1. The molecule has 0 aliphatic heterocycles. The zero-order chi connectivity index (χ0) is 13.7. The van der Waals surface area contributed by atoms with Crippen molar-refractivity contribution in [3.05, 3.63) is 22.6 Å². The van der Waals surface area contributed by atoms with E-state index in [1.807, 2.05) is 20.8 Å². The summed E-state index contributed by atoms with van der Waals surface area (Å²) in [7, 11) is 0. The molecule has 0 aliphatic carbocycles. The molecule has 5 nitrogen and oxygen atoms in total. The second-order valence-corrected chi connectivity index (χ2v) is 4.68. The topological polar surface area (TPSA) is 64.2 Å². The number of nitrogens with two attached hydrogens (primary N) is 1. The van der Waals surface area contributed by atoms with Gasteiger partial charge in [-0.15, -0.1) is 0 Å². The normalized spacial score (nSPS) is 12.2. The highest BCUT2D eigenvalue weighted by atomic mass is 32.1. The lowest BCUT2D eigenvalue weighted by atomic mass is 10.2. The fraction of sp³-hybridized carbons (Fsp3) is 0.583. The molecule has 0 saturated carbocycles. The van der Waals surface area contributed by atoms with Crippen LogP contribution in [0.1, 0.15) is 20.8 Å². The summed E-state index contributed by atoms with van der Waals surface area (Å²) in [6, 6.07) is 1.60. The smallest absolute Gasteiger partial charge is 0.268 e. The first kappa shape index (κ1) is 14.6. The third-order valence-electron chi connectivity index (χ3n) is 2.92. The first-order chi connectivity index (χ1) is 8.49. The molecule has 1 aromatic heterocycles. The van der Waals surface area contributed by atoms with E-state index in [4.69, 9.17) is 18.0 Å². The average Bonchev–Trinajstić information content (AvgIpc) is 2.33. The second-order valence-electron chi connectivity index (χ2n) is 4.21. The summed E-state index contributed by atoms with van der Waals surface area (Å²) >= 11 is 4.89. The van der Waals surface area contributed by atoms with Gasteiger partial charge in [-0.25, -0.2) is 4.68 Å². The van der Waals surface area contributed by atoms with E-state index in [0.29, 0.717) is 11.5 Å². The maximum absolute atomic E-state index is 11.9. The molecule has 0 bridgehead atoms. The molecule has 0 aromatic carbocycles. The van der Waals surface area contributed by atoms with Gasteiger partial charge >= 0.3 is 0 Å². The predicted molar refractivity (Wildman–Crippen MR) is 78.0 cm³/mol. The van der Waals surface area contributed by atoms with Crippen molar-refractivity contribution < 1.29 is 0 Å². The minimum Gasteiger partial charge on any atom is -0.393 e. The Bertz CT molecular complexity index is 467. The number of rotatable bonds is 6. The maximum atomic E-state index is 11.9. The van der Waals surface area contributed by atoms with Gasteiger partial charge in [-0.1, -0.05) is 19.1 Å². The number of hydrogen-bond donors (Lipinski definition) is 1. The number of hydrogen-bond acceptors (Lipinski definition) is 4. The van der Waals surface area contributed by atoms with Gasteiger partial charge in [0.05, 0.1) is 23.4 Å². The molecule has 0 spiro atoms. The van der Waals surface area contributed by atoms with Gasteiger partial charge in [0.25, 0.3) is 5.56 Å². The molecule has 0 saturated heterocycles. The molecule has 1 rings (SSSR count). The molecule has 0 aliphatic rings. The van der Waals surface area contributed by atoms with Crippen LogP contribution in [-0.4, -0.2) is 27.9 Å². The van der Waals surface area contributed by atoms with Crippen LogP contribution >= 0.6 is 12.2 Å². The number of aromatic nitrogens is 2. The molecule has 1 aromatic rings. The lowest BCUT2D eigenvalue weighted by Gasteiger charge is -2.20.